The summed E-state index contributed by atoms with van der Waals surface area (Å²) in [5.41, 5.74) is 6.52. The molecule has 0 saturated heterocycles. The number of aromatic nitrogens is 5. The minimum absolute atomic E-state index is 0. The van der Waals surface area contributed by atoms with Crippen LogP contribution in [0, 0.1) is 0 Å². The summed E-state index contributed by atoms with van der Waals surface area (Å²) in [4.78, 5) is 9.94. The van der Waals surface area contributed by atoms with Gasteiger partial charge < -0.3 is 4.57 Å². The first kappa shape index (κ1) is 23.6. The second-order valence-corrected chi connectivity index (χ2v) is 9.67. The molecule has 8 aromatic rings. The van der Waals surface area contributed by atoms with Gasteiger partial charge in [0.15, 0.2) is 0 Å². The van der Waals surface area contributed by atoms with Crippen LogP contribution in [0.3, 0.4) is 0 Å². The van der Waals surface area contributed by atoms with Crippen LogP contribution in [0.15, 0.2) is 122 Å². The molecule has 0 amide bonds. The molecule has 4 aromatic heterocycles. The molecule has 0 aliphatic rings. The van der Waals surface area contributed by atoms with E-state index >= 15 is 0 Å². The Labute approximate surface area is 239 Å². The zero-order valence-electron chi connectivity index (χ0n) is 21.1. The van der Waals surface area contributed by atoms with Crippen molar-refractivity contribution in [3.8, 4) is 22.9 Å². The van der Waals surface area contributed by atoms with E-state index in [4.69, 9.17) is 4.98 Å². The first-order valence-corrected chi connectivity index (χ1v) is 12.7. The van der Waals surface area contributed by atoms with Crippen LogP contribution in [0.4, 0.5) is 0 Å². The van der Waals surface area contributed by atoms with Crippen LogP contribution in [-0.2, 0) is 28.1 Å². The Balaban J connectivity index is 0.00000253. The Morgan fingerprint density at radius 2 is 1.23 bits per heavy atom. The third-order valence-electron chi connectivity index (χ3n) is 7.50. The van der Waals surface area contributed by atoms with Crippen LogP contribution in [0.5, 0.6) is 0 Å². The van der Waals surface area contributed by atoms with Crippen molar-refractivity contribution in [2.45, 2.75) is 0 Å². The number of rotatable bonds is 3. The van der Waals surface area contributed by atoms with Crippen LogP contribution in [0.2, 0.25) is 0 Å². The van der Waals surface area contributed by atoms with Crippen LogP contribution in [-0.4, -0.2) is 23.7 Å². The second-order valence-electron chi connectivity index (χ2n) is 9.67. The Morgan fingerprint density at radius 1 is 0.590 bits per heavy atom. The zero-order valence-corrected chi connectivity index (χ0v) is 23.4. The van der Waals surface area contributed by atoms with Crippen molar-refractivity contribution in [3.63, 3.8) is 0 Å². The Hall–Kier alpha value is -4.47. The fourth-order valence-corrected chi connectivity index (χ4v) is 5.79. The van der Waals surface area contributed by atoms with E-state index in [2.05, 4.69) is 122 Å². The van der Waals surface area contributed by atoms with E-state index in [-0.39, 0.29) is 21.1 Å². The average molecular weight is 685 g/mol. The van der Waals surface area contributed by atoms with Gasteiger partial charge in [0.1, 0.15) is 17.3 Å². The molecule has 0 bridgehead atoms. The Kier molecular flexibility index (Phi) is 5.50. The van der Waals surface area contributed by atoms with Gasteiger partial charge in [-0.15, -0.1) is 0 Å². The van der Waals surface area contributed by atoms with Crippen LogP contribution < -0.4 is 0 Å². The van der Waals surface area contributed by atoms with Crippen molar-refractivity contribution in [1.29, 1.82) is 0 Å². The molecule has 0 aliphatic heterocycles. The Morgan fingerprint density at radius 3 is 1.97 bits per heavy atom. The van der Waals surface area contributed by atoms with Gasteiger partial charge in [-0.1, -0.05) is 66.7 Å². The normalized spacial score (nSPS) is 11.5. The van der Waals surface area contributed by atoms with Gasteiger partial charge in [0.05, 0.1) is 16.6 Å². The summed E-state index contributed by atoms with van der Waals surface area (Å²) in [6.07, 6.45) is 3.82. The largest absolute Gasteiger partial charge is 2.00 e. The monoisotopic (exact) mass is 684 g/mol. The molecule has 0 radical (unpaired) electrons. The van der Waals surface area contributed by atoms with Crippen molar-refractivity contribution >= 4 is 43.7 Å². The number of nitrogens with zero attached hydrogens (tertiary/aromatic N) is 5. The molecule has 6 heteroatoms. The topological polar surface area (TPSA) is 40.6 Å². The molecule has 4 heterocycles. The summed E-state index contributed by atoms with van der Waals surface area (Å²) in [6.45, 7) is 0. The summed E-state index contributed by atoms with van der Waals surface area (Å²) in [6, 6.07) is 38.5. The van der Waals surface area contributed by atoms with E-state index in [1.807, 2.05) is 25.5 Å². The maximum absolute atomic E-state index is 5.35. The van der Waals surface area contributed by atoms with Crippen molar-refractivity contribution in [1.82, 2.24) is 23.7 Å². The average Bonchev–Trinajstić information content (AvgIpc) is 3.64. The van der Waals surface area contributed by atoms with Crippen LogP contribution in [0.25, 0.3) is 66.6 Å². The molecule has 39 heavy (non-hydrogen) atoms. The van der Waals surface area contributed by atoms with Gasteiger partial charge in [-0.3, -0.25) is 9.13 Å². The molecule has 0 unspecified atom stereocenters. The summed E-state index contributed by atoms with van der Waals surface area (Å²) >= 11 is 0. The summed E-state index contributed by atoms with van der Waals surface area (Å²) in [7, 11) is 2.03. The van der Waals surface area contributed by atoms with Gasteiger partial charge in [0.2, 0.25) is 0 Å². The van der Waals surface area contributed by atoms with E-state index in [0.29, 0.717) is 0 Å². The molecule has 0 fully saturated rings. The number of fused-ring (bicyclic) bond motifs is 6. The minimum atomic E-state index is 0. The number of aryl methyl sites for hydroxylation is 1. The third-order valence-corrected chi connectivity index (χ3v) is 7.50. The molecular weight excluding hydrogens is 661 g/mol. The smallest absolute Gasteiger partial charge is 0.334 e. The fraction of sp³-hybridized carbons (Fsp3) is 0.0303. The van der Waals surface area contributed by atoms with E-state index in [1.165, 1.54) is 16.2 Å². The SMILES string of the molecule is Cn1ccnc1-c1ccc2c3ccccc3n(-c3ccc4c5ccccc5n(-c5ccccc5)c4n3)c2c1.[Pt+2]. The molecule has 5 nitrogen and oxygen atoms in total. The molecular formula is C33H23N5Pt+2. The maximum Gasteiger partial charge on any atom is 2.00 e. The number of para-hydroxylation sites is 3. The van der Waals surface area contributed by atoms with Gasteiger partial charge in [0.25, 0.3) is 0 Å². The number of hydrogen-bond donors (Lipinski definition) is 0. The number of hydrogen-bond acceptors (Lipinski definition) is 2. The quantitative estimate of drug-likeness (QED) is 0.192. The van der Waals surface area contributed by atoms with Crippen molar-refractivity contribution in [3.05, 3.63) is 122 Å². The second kappa shape index (κ2) is 9.07. The molecule has 4 aromatic carbocycles. The molecule has 0 saturated carbocycles. The van der Waals surface area contributed by atoms with Gasteiger partial charge >= 0.3 is 21.1 Å². The van der Waals surface area contributed by atoms with E-state index in [9.17, 15) is 0 Å². The summed E-state index contributed by atoms with van der Waals surface area (Å²) in [5, 5.41) is 4.75. The van der Waals surface area contributed by atoms with Crippen molar-refractivity contribution in [2.75, 3.05) is 0 Å². The third kappa shape index (κ3) is 3.50. The van der Waals surface area contributed by atoms with Crippen molar-refractivity contribution in [2.24, 2.45) is 7.05 Å². The molecule has 0 N–H and O–H groups in total. The summed E-state index contributed by atoms with van der Waals surface area (Å²) in [5.74, 6) is 1.83. The fourth-order valence-electron chi connectivity index (χ4n) is 5.79. The molecule has 0 atom stereocenters. The van der Waals surface area contributed by atoms with Gasteiger partial charge in [-0.05, 0) is 42.5 Å². The van der Waals surface area contributed by atoms with E-state index < -0.39 is 0 Å². The molecule has 188 valence electrons. The minimum Gasteiger partial charge on any atom is -0.334 e. The first-order chi connectivity index (χ1) is 18.8. The standard InChI is InChI=1S/C33H23N5.Pt/c1-36-20-19-34-32(36)22-15-16-26-24-11-5-8-14-29(24)38(30(26)21-22)31-18-17-27-25-12-6-7-13-28(25)37(33(27)35-31)23-9-3-2-4-10-23;/h2-21H,1H3;/q;+2. The van der Waals surface area contributed by atoms with Gasteiger partial charge in [-0.25, -0.2) is 9.97 Å². The van der Waals surface area contributed by atoms with Crippen LogP contribution in [0.1, 0.15) is 0 Å². The van der Waals surface area contributed by atoms with Gasteiger partial charge in [-0.2, -0.15) is 0 Å². The molecule has 8 rings (SSSR count). The van der Waals surface area contributed by atoms with Crippen molar-refractivity contribution < 1.29 is 21.1 Å². The predicted octanol–water partition coefficient (Wildman–Crippen LogP) is 7.67. The van der Waals surface area contributed by atoms with Gasteiger partial charge in [0, 0.05) is 52.2 Å². The molecule has 0 aliphatic carbocycles. The number of pyridine rings is 1. The molecule has 0 spiro atoms. The van der Waals surface area contributed by atoms with E-state index in [1.54, 1.807) is 0 Å². The predicted molar refractivity (Wildman–Crippen MR) is 155 cm³/mol. The number of imidazole rings is 1. The zero-order chi connectivity index (χ0) is 25.2. The first-order valence-electron chi connectivity index (χ1n) is 12.7. The Bertz CT molecular complexity index is 2150. The van der Waals surface area contributed by atoms with E-state index in [0.717, 1.165) is 50.5 Å². The van der Waals surface area contributed by atoms with Crippen LogP contribution >= 0.6 is 0 Å². The number of benzene rings is 4. The summed E-state index contributed by atoms with van der Waals surface area (Å²) < 4.78 is 6.60. The maximum atomic E-state index is 5.35.